The monoisotopic (exact) mass is 275 g/mol. The summed E-state index contributed by atoms with van der Waals surface area (Å²) in [5.41, 5.74) is 0. The topological polar surface area (TPSA) is 78.5 Å². The molecule has 0 radical (unpaired) electrons. The van der Waals surface area contributed by atoms with Gasteiger partial charge in [0.15, 0.2) is 0 Å². The first-order valence-electron chi connectivity index (χ1n) is 6.48. The highest BCUT2D eigenvalue weighted by Crippen LogP contribution is 2.12. The molecule has 2 saturated heterocycles. The van der Waals surface area contributed by atoms with Crippen LogP contribution in [0.25, 0.3) is 0 Å². The largest absolute Gasteiger partial charge is 0.352 e. The van der Waals surface area contributed by atoms with Gasteiger partial charge in [-0.2, -0.15) is 0 Å². The fourth-order valence-corrected chi connectivity index (χ4v) is 3.87. The molecule has 0 bridgehead atoms. The fourth-order valence-electron chi connectivity index (χ4n) is 2.38. The van der Waals surface area contributed by atoms with Gasteiger partial charge >= 0.3 is 0 Å². The van der Waals surface area contributed by atoms with E-state index in [1.54, 1.807) is 0 Å². The maximum Gasteiger partial charge on any atom is 0.234 e. The first-order chi connectivity index (χ1) is 8.55. The highest BCUT2D eigenvalue weighted by atomic mass is 32.2. The van der Waals surface area contributed by atoms with Gasteiger partial charge in [0.05, 0.1) is 18.1 Å². The smallest absolute Gasteiger partial charge is 0.234 e. The third-order valence-electron chi connectivity index (χ3n) is 3.50. The Morgan fingerprint density at radius 3 is 2.44 bits per heavy atom. The first-order valence-corrected chi connectivity index (χ1v) is 8.30. The van der Waals surface area contributed by atoms with Crippen LogP contribution in [0.3, 0.4) is 0 Å². The molecule has 2 aliphatic rings. The van der Waals surface area contributed by atoms with Gasteiger partial charge in [-0.05, 0) is 12.8 Å². The Morgan fingerprint density at radius 1 is 1.22 bits per heavy atom. The third kappa shape index (κ3) is 4.22. The summed E-state index contributed by atoms with van der Waals surface area (Å²) >= 11 is 0. The number of carbonyl (C=O) groups excluding carboxylic acids is 1. The Kier molecular flexibility index (Phi) is 4.58. The van der Waals surface area contributed by atoms with Crippen LogP contribution in [0, 0.1) is 0 Å². The van der Waals surface area contributed by atoms with E-state index >= 15 is 0 Å². The van der Waals surface area contributed by atoms with Crippen LogP contribution >= 0.6 is 0 Å². The molecule has 0 atom stereocenters. The molecule has 0 spiro atoms. The van der Waals surface area contributed by atoms with E-state index < -0.39 is 9.84 Å². The summed E-state index contributed by atoms with van der Waals surface area (Å²) in [6.07, 6.45) is 1.10. The molecule has 0 aromatic heterocycles. The average molecular weight is 275 g/mol. The lowest BCUT2D eigenvalue weighted by atomic mass is 10.1. The quantitative estimate of drug-likeness (QED) is 0.661. The lowest BCUT2D eigenvalue weighted by molar-refractivity contribution is -0.123. The van der Waals surface area contributed by atoms with Gasteiger partial charge in [0.25, 0.3) is 0 Å². The van der Waals surface area contributed by atoms with E-state index in [9.17, 15) is 13.2 Å². The van der Waals surface area contributed by atoms with Gasteiger partial charge in [-0.3, -0.25) is 9.69 Å². The van der Waals surface area contributed by atoms with Crippen LogP contribution in [0.5, 0.6) is 0 Å². The van der Waals surface area contributed by atoms with Crippen molar-refractivity contribution in [1.29, 1.82) is 0 Å². The minimum absolute atomic E-state index is 0.0150. The van der Waals surface area contributed by atoms with Crippen LogP contribution in [-0.4, -0.2) is 69.5 Å². The van der Waals surface area contributed by atoms with Gasteiger partial charge in [-0.1, -0.05) is 0 Å². The normalized spacial score (nSPS) is 25.8. The van der Waals surface area contributed by atoms with Crippen LogP contribution in [0.2, 0.25) is 0 Å². The molecule has 0 aliphatic carbocycles. The molecule has 2 rings (SSSR count). The van der Waals surface area contributed by atoms with E-state index in [2.05, 4.69) is 15.5 Å². The number of nitrogens with one attached hydrogen (secondary N) is 2. The lowest BCUT2D eigenvalue weighted by Crippen LogP contribution is -2.50. The minimum Gasteiger partial charge on any atom is -0.352 e. The van der Waals surface area contributed by atoms with Gasteiger partial charge in [-0.15, -0.1) is 0 Å². The van der Waals surface area contributed by atoms with Crippen LogP contribution in [-0.2, 0) is 14.6 Å². The highest BCUT2D eigenvalue weighted by Gasteiger charge is 2.25. The Bertz CT molecular complexity index is 376. The van der Waals surface area contributed by atoms with Crippen molar-refractivity contribution in [2.75, 3.05) is 44.2 Å². The molecule has 7 heteroatoms. The molecule has 1 amide bonds. The Hall–Kier alpha value is -0.660. The molecule has 2 heterocycles. The molecule has 2 fully saturated rings. The highest BCUT2D eigenvalue weighted by molar-refractivity contribution is 7.91. The van der Waals surface area contributed by atoms with E-state index in [-0.39, 0.29) is 23.5 Å². The van der Waals surface area contributed by atoms with Gasteiger partial charge in [0.1, 0.15) is 9.84 Å². The van der Waals surface area contributed by atoms with Gasteiger partial charge in [0.2, 0.25) is 5.91 Å². The molecule has 18 heavy (non-hydrogen) atoms. The summed E-state index contributed by atoms with van der Waals surface area (Å²) < 4.78 is 22.5. The Morgan fingerprint density at radius 2 is 1.83 bits per heavy atom. The number of piperazine rings is 1. The molecule has 2 aliphatic heterocycles. The fraction of sp³-hybridized carbons (Fsp3) is 0.909. The Labute approximate surface area is 108 Å². The van der Waals surface area contributed by atoms with Crippen molar-refractivity contribution in [2.45, 2.75) is 18.9 Å². The maximum absolute atomic E-state index is 11.8. The molecular formula is C11H21N3O3S. The number of nitrogens with zero attached hydrogens (tertiary/aromatic N) is 1. The van der Waals surface area contributed by atoms with Crippen molar-refractivity contribution in [3.63, 3.8) is 0 Å². The predicted octanol–water partition coefficient (Wildman–Crippen LogP) is -1.41. The summed E-state index contributed by atoms with van der Waals surface area (Å²) in [7, 11) is -2.85. The second-order valence-electron chi connectivity index (χ2n) is 5.02. The summed E-state index contributed by atoms with van der Waals surface area (Å²) in [6, 6.07) is 0.0314. The van der Waals surface area contributed by atoms with Crippen molar-refractivity contribution < 1.29 is 13.2 Å². The summed E-state index contributed by atoms with van der Waals surface area (Å²) in [6.45, 7) is 4.06. The summed E-state index contributed by atoms with van der Waals surface area (Å²) in [4.78, 5) is 13.9. The van der Waals surface area contributed by atoms with Gasteiger partial charge < -0.3 is 10.6 Å². The Balaban J connectivity index is 1.71. The second kappa shape index (κ2) is 5.99. The molecule has 0 unspecified atom stereocenters. The molecular weight excluding hydrogens is 254 g/mol. The van der Waals surface area contributed by atoms with Crippen LogP contribution < -0.4 is 10.6 Å². The van der Waals surface area contributed by atoms with Gasteiger partial charge in [0, 0.05) is 32.2 Å². The van der Waals surface area contributed by atoms with E-state index in [1.165, 1.54) is 0 Å². The number of carbonyl (C=O) groups is 1. The van der Waals surface area contributed by atoms with E-state index in [4.69, 9.17) is 0 Å². The van der Waals surface area contributed by atoms with Crippen LogP contribution in [0.1, 0.15) is 12.8 Å². The second-order valence-corrected chi connectivity index (χ2v) is 7.32. The average Bonchev–Trinajstić information content (AvgIpc) is 2.33. The maximum atomic E-state index is 11.8. The zero-order valence-corrected chi connectivity index (χ0v) is 11.3. The van der Waals surface area contributed by atoms with E-state index in [0.717, 1.165) is 26.2 Å². The molecule has 2 N–H and O–H groups in total. The molecule has 0 saturated carbocycles. The van der Waals surface area contributed by atoms with Crippen LogP contribution in [0.4, 0.5) is 0 Å². The predicted molar refractivity (Wildman–Crippen MR) is 69.1 cm³/mol. The SMILES string of the molecule is O=C(CN1CCNCC1)NC1CCS(=O)(=O)CC1. The summed E-state index contributed by atoms with van der Waals surface area (Å²) in [5.74, 6) is 0.415. The van der Waals surface area contributed by atoms with E-state index in [1.807, 2.05) is 0 Å². The van der Waals surface area contributed by atoms with Crippen molar-refractivity contribution >= 4 is 15.7 Å². The third-order valence-corrected chi connectivity index (χ3v) is 5.21. The van der Waals surface area contributed by atoms with Crippen molar-refractivity contribution in [2.24, 2.45) is 0 Å². The number of sulfone groups is 1. The molecule has 6 nitrogen and oxygen atoms in total. The zero-order valence-electron chi connectivity index (χ0n) is 10.5. The van der Waals surface area contributed by atoms with Crippen molar-refractivity contribution in [1.82, 2.24) is 15.5 Å². The molecule has 0 aromatic carbocycles. The molecule has 104 valence electrons. The number of hydrogen-bond acceptors (Lipinski definition) is 5. The number of hydrogen-bond donors (Lipinski definition) is 2. The first kappa shape index (κ1) is 13.8. The minimum atomic E-state index is -2.85. The van der Waals surface area contributed by atoms with Gasteiger partial charge in [-0.25, -0.2) is 8.42 Å². The number of amides is 1. The summed E-state index contributed by atoms with van der Waals surface area (Å²) in [5, 5.41) is 6.18. The van der Waals surface area contributed by atoms with Crippen molar-refractivity contribution in [3.8, 4) is 0 Å². The standard InChI is InChI=1S/C11H21N3O3S/c15-11(9-14-5-3-12-4-6-14)13-10-1-7-18(16,17)8-2-10/h10,12H,1-9H2,(H,13,15). The van der Waals surface area contributed by atoms with Crippen molar-refractivity contribution in [3.05, 3.63) is 0 Å². The molecule has 0 aromatic rings. The van der Waals surface area contributed by atoms with E-state index in [0.29, 0.717) is 19.4 Å². The number of rotatable bonds is 3. The zero-order chi connectivity index (χ0) is 13.0. The van der Waals surface area contributed by atoms with Crippen LogP contribution in [0.15, 0.2) is 0 Å². The lowest BCUT2D eigenvalue weighted by Gasteiger charge is -2.28.